The molecule has 1 spiro atoms. The molecular weight excluding hydrogens is 398 g/mol. The minimum Gasteiger partial charge on any atom is -0.473 e. The number of fused-ring (bicyclic) bond motifs is 3. The van der Waals surface area contributed by atoms with Gasteiger partial charge in [-0.1, -0.05) is 41.7 Å². The van der Waals surface area contributed by atoms with Crippen molar-refractivity contribution in [1.29, 1.82) is 0 Å². The first-order chi connectivity index (χ1) is 14.7. The molecule has 0 aliphatic carbocycles. The summed E-state index contributed by atoms with van der Waals surface area (Å²) in [5, 5.41) is 0.874. The van der Waals surface area contributed by atoms with Crippen molar-refractivity contribution in [2.24, 2.45) is 11.7 Å². The maximum absolute atomic E-state index is 6.42. The first-order valence-corrected chi connectivity index (χ1v) is 11.4. The zero-order chi connectivity index (χ0) is 20.1. The molecule has 2 bridgehead atoms. The first-order valence-electron chi connectivity index (χ1n) is 10.6. The lowest BCUT2D eigenvalue weighted by Crippen LogP contribution is -2.61. The molecule has 4 fully saturated rings. The van der Waals surface area contributed by atoms with Crippen molar-refractivity contribution < 1.29 is 9.47 Å². The van der Waals surface area contributed by atoms with Crippen molar-refractivity contribution in [2.45, 2.75) is 31.4 Å². The molecule has 0 radical (unpaired) electrons. The highest BCUT2D eigenvalue weighted by atomic mass is 32.1. The lowest BCUT2D eigenvalue weighted by atomic mass is 9.75. The van der Waals surface area contributed by atoms with Crippen LogP contribution < -0.4 is 15.4 Å². The van der Waals surface area contributed by atoms with Crippen molar-refractivity contribution in [2.75, 3.05) is 31.1 Å². The van der Waals surface area contributed by atoms with E-state index in [2.05, 4.69) is 14.8 Å². The fourth-order valence-electron chi connectivity index (χ4n) is 5.06. The maximum atomic E-state index is 6.42. The Morgan fingerprint density at radius 3 is 2.70 bits per heavy atom. The van der Waals surface area contributed by atoms with Crippen molar-refractivity contribution in [3.05, 3.63) is 48.0 Å². The Kier molecular flexibility index (Phi) is 4.42. The molecule has 4 saturated heterocycles. The summed E-state index contributed by atoms with van der Waals surface area (Å²) in [4.78, 5) is 14.9. The second-order valence-corrected chi connectivity index (χ2v) is 9.45. The molecule has 30 heavy (non-hydrogen) atoms. The van der Waals surface area contributed by atoms with Gasteiger partial charge < -0.3 is 19.3 Å². The van der Waals surface area contributed by atoms with Gasteiger partial charge in [0.25, 0.3) is 0 Å². The number of ether oxygens (including phenoxy) is 2. The Hall–Kier alpha value is -2.26. The number of thiazole rings is 1. The van der Waals surface area contributed by atoms with Crippen LogP contribution in [0.15, 0.2) is 42.5 Å². The standard InChI is InChI=1S/C22H25N5O2S/c23-20-27(14-22(29-20)13-26-10-8-16(22)9-11-26)21-24-17-6-7-18(25-19(17)30-21)28-12-15-4-2-1-3-5-15/h1-7,16,20H,8-14,23H2. The summed E-state index contributed by atoms with van der Waals surface area (Å²) in [5.41, 5.74) is 8.24. The molecule has 4 aliphatic rings. The van der Waals surface area contributed by atoms with Gasteiger partial charge in [0.15, 0.2) is 11.5 Å². The summed E-state index contributed by atoms with van der Waals surface area (Å²) in [7, 11) is 0. The van der Waals surface area contributed by atoms with Crippen LogP contribution in [-0.4, -0.2) is 53.0 Å². The van der Waals surface area contributed by atoms with E-state index in [1.54, 1.807) is 11.3 Å². The Morgan fingerprint density at radius 2 is 1.93 bits per heavy atom. The third-order valence-corrected chi connectivity index (χ3v) is 7.62. The summed E-state index contributed by atoms with van der Waals surface area (Å²) in [6, 6.07) is 13.9. The third kappa shape index (κ3) is 3.15. The molecule has 0 amide bonds. The summed E-state index contributed by atoms with van der Waals surface area (Å²) in [6.07, 6.45) is 1.94. The molecular formula is C22H25N5O2S. The van der Waals surface area contributed by atoms with Gasteiger partial charge in [-0.25, -0.2) is 9.97 Å². The van der Waals surface area contributed by atoms with E-state index in [9.17, 15) is 0 Å². The smallest absolute Gasteiger partial charge is 0.215 e. The molecule has 7 nitrogen and oxygen atoms in total. The molecule has 2 unspecified atom stereocenters. The second-order valence-electron chi connectivity index (χ2n) is 8.50. The van der Waals surface area contributed by atoms with Crippen LogP contribution in [0.1, 0.15) is 18.4 Å². The molecule has 2 aromatic heterocycles. The Balaban J connectivity index is 1.22. The lowest BCUT2D eigenvalue weighted by Gasteiger charge is -2.50. The van der Waals surface area contributed by atoms with Crippen LogP contribution in [0.25, 0.3) is 10.3 Å². The number of rotatable bonds is 4. The summed E-state index contributed by atoms with van der Waals surface area (Å²) < 4.78 is 12.3. The van der Waals surface area contributed by atoms with E-state index in [0.717, 1.165) is 34.1 Å². The van der Waals surface area contributed by atoms with Crippen LogP contribution in [0.4, 0.5) is 5.13 Å². The highest BCUT2D eigenvalue weighted by molar-refractivity contribution is 7.21. The molecule has 2 atom stereocenters. The van der Waals surface area contributed by atoms with Gasteiger partial charge in [-0.2, -0.15) is 0 Å². The van der Waals surface area contributed by atoms with Crippen LogP contribution >= 0.6 is 11.3 Å². The number of hydrogen-bond acceptors (Lipinski definition) is 8. The Labute approximate surface area is 179 Å². The minimum absolute atomic E-state index is 0.162. The van der Waals surface area contributed by atoms with Crippen molar-refractivity contribution in [3.63, 3.8) is 0 Å². The summed E-state index contributed by atoms with van der Waals surface area (Å²) in [5.74, 6) is 1.20. The fraction of sp³-hybridized carbons (Fsp3) is 0.455. The van der Waals surface area contributed by atoms with Gasteiger partial charge >= 0.3 is 0 Å². The van der Waals surface area contributed by atoms with Crippen molar-refractivity contribution in [3.8, 4) is 5.88 Å². The van der Waals surface area contributed by atoms with Gasteiger partial charge in [0.05, 0.1) is 6.54 Å². The molecule has 6 heterocycles. The molecule has 3 aromatic rings. The fourth-order valence-corrected chi connectivity index (χ4v) is 6.01. The van der Waals surface area contributed by atoms with E-state index >= 15 is 0 Å². The number of anilines is 1. The highest BCUT2D eigenvalue weighted by Crippen LogP contribution is 2.44. The van der Waals surface area contributed by atoms with Gasteiger partial charge in [0.1, 0.15) is 22.6 Å². The average Bonchev–Trinajstić information content (AvgIpc) is 3.34. The lowest BCUT2D eigenvalue weighted by molar-refractivity contribution is -0.137. The SMILES string of the molecule is NC1OC2(CN3CCC2CC3)CN1c1nc2ccc(OCc3ccccc3)nc2s1. The predicted molar refractivity (Wildman–Crippen MR) is 116 cm³/mol. The van der Waals surface area contributed by atoms with Crippen LogP contribution in [0.3, 0.4) is 0 Å². The number of piperidine rings is 3. The number of benzene rings is 1. The van der Waals surface area contributed by atoms with Gasteiger partial charge in [0, 0.05) is 12.6 Å². The Morgan fingerprint density at radius 1 is 1.10 bits per heavy atom. The summed E-state index contributed by atoms with van der Waals surface area (Å²) >= 11 is 1.55. The highest BCUT2D eigenvalue weighted by Gasteiger charge is 2.54. The predicted octanol–water partition coefficient (Wildman–Crippen LogP) is 2.81. The molecule has 156 valence electrons. The van der Waals surface area contributed by atoms with E-state index in [0.29, 0.717) is 18.4 Å². The van der Waals surface area contributed by atoms with Gasteiger partial charge in [-0.15, -0.1) is 0 Å². The van der Waals surface area contributed by atoms with E-state index in [1.165, 1.54) is 25.9 Å². The number of aromatic nitrogens is 2. The van der Waals surface area contributed by atoms with E-state index in [4.69, 9.17) is 20.2 Å². The zero-order valence-corrected chi connectivity index (χ0v) is 17.6. The van der Waals surface area contributed by atoms with E-state index in [-0.39, 0.29) is 5.60 Å². The molecule has 1 aromatic carbocycles. The van der Waals surface area contributed by atoms with Crippen molar-refractivity contribution >= 4 is 26.8 Å². The number of hydrogen-bond donors (Lipinski definition) is 1. The normalized spacial score (nSPS) is 30.4. The summed E-state index contributed by atoms with van der Waals surface area (Å²) in [6.45, 7) is 4.63. The zero-order valence-electron chi connectivity index (χ0n) is 16.7. The van der Waals surface area contributed by atoms with Crippen LogP contribution in [0.5, 0.6) is 5.88 Å². The topological polar surface area (TPSA) is 76.7 Å². The Bertz CT molecular complexity index is 1050. The quantitative estimate of drug-likeness (QED) is 0.691. The monoisotopic (exact) mass is 423 g/mol. The largest absolute Gasteiger partial charge is 0.473 e. The number of nitrogens with zero attached hydrogens (tertiary/aromatic N) is 4. The number of nitrogens with two attached hydrogens (primary N) is 1. The van der Waals surface area contributed by atoms with Gasteiger partial charge in [-0.3, -0.25) is 5.73 Å². The van der Waals surface area contributed by atoms with Gasteiger partial charge in [-0.05, 0) is 43.5 Å². The van der Waals surface area contributed by atoms with Crippen molar-refractivity contribution in [1.82, 2.24) is 14.9 Å². The van der Waals surface area contributed by atoms with Gasteiger partial charge in [0.2, 0.25) is 5.88 Å². The molecule has 7 rings (SSSR count). The second kappa shape index (κ2) is 7.16. The van der Waals surface area contributed by atoms with E-state index in [1.807, 2.05) is 42.5 Å². The molecule has 2 N–H and O–H groups in total. The molecule has 0 saturated carbocycles. The van der Waals surface area contributed by atoms with Crippen LogP contribution in [0.2, 0.25) is 0 Å². The maximum Gasteiger partial charge on any atom is 0.215 e. The number of pyridine rings is 1. The van der Waals surface area contributed by atoms with E-state index < -0.39 is 6.35 Å². The molecule has 8 heteroatoms. The third-order valence-electron chi connectivity index (χ3n) is 6.62. The minimum atomic E-state index is -0.458. The van der Waals surface area contributed by atoms with Crippen LogP contribution in [-0.2, 0) is 11.3 Å². The average molecular weight is 424 g/mol. The molecule has 4 aliphatic heterocycles. The van der Waals surface area contributed by atoms with Crippen LogP contribution in [0, 0.1) is 5.92 Å². The first kappa shape index (κ1) is 18.5.